The fourth-order valence-corrected chi connectivity index (χ4v) is 3.27. The quantitative estimate of drug-likeness (QED) is 0.556. The molecule has 4 aromatic rings. The van der Waals surface area contributed by atoms with Crippen molar-refractivity contribution in [3.63, 3.8) is 0 Å². The fraction of sp³-hybridized carbons (Fsp3) is 0.136. The minimum absolute atomic E-state index is 0.766. The van der Waals surface area contributed by atoms with E-state index in [2.05, 4.69) is 84.2 Å². The molecule has 4 rings (SSSR count). The average molecular weight is 327 g/mol. The summed E-state index contributed by atoms with van der Waals surface area (Å²) in [5, 5.41) is 3.61. The van der Waals surface area contributed by atoms with E-state index in [1.165, 1.54) is 16.8 Å². The topological polar surface area (TPSA) is 29.3 Å². The van der Waals surface area contributed by atoms with E-state index >= 15 is 0 Å². The maximum atomic E-state index is 4.92. The summed E-state index contributed by atoms with van der Waals surface area (Å²) in [7, 11) is 0. The van der Waals surface area contributed by atoms with Crippen molar-refractivity contribution in [3.05, 3.63) is 89.6 Å². The Kier molecular flexibility index (Phi) is 3.98. The summed E-state index contributed by atoms with van der Waals surface area (Å²) in [5.41, 5.74) is 6.75. The molecule has 0 saturated carbocycles. The summed E-state index contributed by atoms with van der Waals surface area (Å²) in [6.45, 7) is 5.01. The van der Waals surface area contributed by atoms with E-state index in [9.17, 15) is 0 Å². The van der Waals surface area contributed by atoms with Crippen LogP contribution in [0.3, 0.4) is 0 Å². The Balaban J connectivity index is 1.84. The van der Waals surface area contributed by atoms with Crippen molar-refractivity contribution in [1.82, 2.24) is 9.38 Å². The molecule has 0 radical (unpaired) electrons. The minimum atomic E-state index is 0.766. The molecule has 0 aliphatic rings. The fourth-order valence-electron chi connectivity index (χ4n) is 3.27. The van der Waals surface area contributed by atoms with E-state index in [1.54, 1.807) is 0 Å². The van der Waals surface area contributed by atoms with Crippen molar-refractivity contribution < 1.29 is 0 Å². The number of rotatable bonds is 4. The summed E-state index contributed by atoms with van der Waals surface area (Å²) < 4.78 is 2.21. The van der Waals surface area contributed by atoms with Crippen LogP contribution >= 0.6 is 0 Å². The Morgan fingerprint density at radius 2 is 1.56 bits per heavy atom. The second kappa shape index (κ2) is 6.44. The molecule has 0 spiro atoms. The molecule has 0 aliphatic heterocycles. The van der Waals surface area contributed by atoms with Crippen LogP contribution in [-0.2, 0) is 6.54 Å². The highest BCUT2D eigenvalue weighted by Crippen LogP contribution is 2.30. The van der Waals surface area contributed by atoms with Gasteiger partial charge in [-0.3, -0.25) is 4.40 Å². The second-order valence-corrected chi connectivity index (χ2v) is 6.38. The molecule has 1 N–H and O–H groups in total. The Bertz CT molecular complexity index is 1000. The number of benzene rings is 2. The molecule has 0 fully saturated rings. The van der Waals surface area contributed by atoms with Gasteiger partial charge in [-0.2, -0.15) is 0 Å². The number of aryl methyl sites for hydroxylation is 2. The molecule has 2 aromatic heterocycles. The monoisotopic (exact) mass is 327 g/mol. The standard InChI is InChI=1S/C22H21N3/c1-16-13-17(2)25-20(14-16)24-21(19-11-7-4-8-12-19)22(25)23-15-18-9-5-3-6-10-18/h3-14,23H,15H2,1-2H3. The molecule has 3 nitrogen and oxygen atoms in total. The smallest absolute Gasteiger partial charge is 0.139 e. The van der Waals surface area contributed by atoms with E-state index in [0.29, 0.717) is 0 Å². The highest BCUT2D eigenvalue weighted by molar-refractivity contribution is 5.77. The third kappa shape index (κ3) is 3.01. The number of hydrogen-bond donors (Lipinski definition) is 1. The molecule has 2 heterocycles. The number of imidazole rings is 1. The molecule has 0 unspecified atom stereocenters. The average Bonchev–Trinajstić information content (AvgIpc) is 3.00. The van der Waals surface area contributed by atoms with E-state index in [-0.39, 0.29) is 0 Å². The van der Waals surface area contributed by atoms with Gasteiger partial charge in [0.15, 0.2) is 0 Å². The van der Waals surface area contributed by atoms with Gasteiger partial charge in [0, 0.05) is 17.8 Å². The van der Waals surface area contributed by atoms with Gasteiger partial charge in [0.1, 0.15) is 17.2 Å². The Morgan fingerprint density at radius 1 is 0.880 bits per heavy atom. The maximum absolute atomic E-state index is 4.92. The number of hydrogen-bond acceptors (Lipinski definition) is 2. The maximum Gasteiger partial charge on any atom is 0.139 e. The van der Waals surface area contributed by atoms with Gasteiger partial charge in [0.2, 0.25) is 0 Å². The summed E-state index contributed by atoms with van der Waals surface area (Å²) in [4.78, 5) is 4.92. The van der Waals surface area contributed by atoms with Crippen LogP contribution < -0.4 is 5.32 Å². The van der Waals surface area contributed by atoms with Crippen molar-refractivity contribution >= 4 is 11.5 Å². The predicted octanol–water partition coefficient (Wildman–Crippen LogP) is 5.23. The van der Waals surface area contributed by atoms with Gasteiger partial charge >= 0.3 is 0 Å². The summed E-state index contributed by atoms with van der Waals surface area (Å²) in [5.74, 6) is 1.04. The van der Waals surface area contributed by atoms with Crippen LogP contribution in [0.4, 0.5) is 5.82 Å². The van der Waals surface area contributed by atoms with Crippen LogP contribution in [0.5, 0.6) is 0 Å². The third-order valence-corrected chi connectivity index (χ3v) is 4.40. The first-order chi connectivity index (χ1) is 12.2. The third-order valence-electron chi connectivity index (χ3n) is 4.40. The van der Waals surface area contributed by atoms with E-state index in [0.717, 1.165) is 29.3 Å². The molecule has 0 bridgehead atoms. The summed E-state index contributed by atoms with van der Waals surface area (Å²) in [6.07, 6.45) is 0. The molecular weight excluding hydrogens is 306 g/mol. The van der Waals surface area contributed by atoms with Crippen molar-refractivity contribution in [2.75, 3.05) is 5.32 Å². The zero-order valence-electron chi connectivity index (χ0n) is 14.5. The number of nitrogens with one attached hydrogen (secondary N) is 1. The zero-order valence-corrected chi connectivity index (χ0v) is 14.5. The van der Waals surface area contributed by atoms with Gasteiger partial charge in [-0.25, -0.2) is 4.98 Å². The molecule has 3 heteroatoms. The molecule has 0 aliphatic carbocycles. The highest BCUT2D eigenvalue weighted by Gasteiger charge is 2.15. The van der Waals surface area contributed by atoms with Gasteiger partial charge in [0.25, 0.3) is 0 Å². The van der Waals surface area contributed by atoms with Crippen LogP contribution in [0.15, 0.2) is 72.8 Å². The molecule has 2 aromatic carbocycles. The lowest BCUT2D eigenvalue weighted by atomic mass is 10.1. The Morgan fingerprint density at radius 3 is 2.28 bits per heavy atom. The molecular formula is C22H21N3. The SMILES string of the molecule is Cc1cc(C)n2c(NCc3ccccc3)c(-c3ccccc3)nc2c1. The number of fused-ring (bicyclic) bond motifs is 1. The van der Waals surface area contributed by atoms with Crippen LogP contribution in [0.2, 0.25) is 0 Å². The number of anilines is 1. The molecule has 0 atom stereocenters. The summed E-state index contributed by atoms with van der Waals surface area (Å²) in [6, 6.07) is 25.1. The van der Waals surface area contributed by atoms with E-state index < -0.39 is 0 Å². The second-order valence-electron chi connectivity index (χ2n) is 6.38. The van der Waals surface area contributed by atoms with Crippen LogP contribution in [0.25, 0.3) is 16.9 Å². The summed E-state index contributed by atoms with van der Waals surface area (Å²) >= 11 is 0. The van der Waals surface area contributed by atoms with Crippen LogP contribution in [-0.4, -0.2) is 9.38 Å². The van der Waals surface area contributed by atoms with Gasteiger partial charge in [-0.05, 0) is 37.1 Å². The van der Waals surface area contributed by atoms with Gasteiger partial charge < -0.3 is 5.32 Å². The van der Waals surface area contributed by atoms with Crippen molar-refractivity contribution in [2.24, 2.45) is 0 Å². The number of nitrogens with zero attached hydrogens (tertiary/aromatic N) is 2. The first-order valence-electron chi connectivity index (χ1n) is 8.55. The highest BCUT2D eigenvalue weighted by atomic mass is 15.1. The first-order valence-corrected chi connectivity index (χ1v) is 8.55. The zero-order chi connectivity index (χ0) is 17.2. The van der Waals surface area contributed by atoms with Crippen LogP contribution in [0, 0.1) is 13.8 Å². The largest absolute Gasteiger partial charge is 0.365 e. The van der Waals surface area contributed by atoms with Crippen molar-refractivity contribution in [3.8, 4) is 11.3 Å². The minimum Gasteiger partial charge on any atom is -0.365 e. The van der Waals surface area contributed by atoms with Crippen molar-refractivity contribution in [2.45, 2.75) is 20.4 Å². The van der Waals surface area contributed by atoms with Crippen LogP contribution in [0.1, 0.15) is 16.8 Å². The van der Waals surface area contributed by atoms with E-state index in [1.807, 2.05) is 12.1 Å². The lowest BCUT2D eigenvalue weighted by Gasteiger charge is -2.11. The number of aromatic nitrogens is 2. The first kappa shape index (κ1) is 15.5. The van der Waals surface area contributed by atoms with E-state index in [4.69, 9.17) is 4.98 Å². The Labute approximate surface area is 148 Å². The number of pyridine rings is 1. The Hall–Kier alpha value is -3.07. The van der Waals surface area contributed by atoms with Crippen molar-refractivity contribution in [1.29, 1.82) is 0 Å². The van der Waals surface area contributed by atoms with Gasteiger partial charge in [0.05, 0.1) is 0 Å². The normalized spacial score (nSPS) is 11.0. The lowest BCUT2D eigenvalue weighted by Crippen LogP contribution is -2.05. The van der Waals surface area contributed by atoms with Gasteiger partial charge in [-0.1, -0.05) is 60.7 Å². The molecule has 0 saturated heterocycles. The molecule has 0 amide bonds. The molecule has 124 valence electrons. The van der Waals surface area contributed by atoms with Gasteiger partial charge in [-0.15, -0.1) is 0 Å². The lowest BCUT2D eigenvalue weighted by molar-refractivity contribution is 1.04. The predicted molar refractivity (Wildman–Crippen MR) is 104 cm³/mol. The molecule has 25 heavy (non-hydrogen) atoms.